The van der Waals surface area contributed by atoms with Gasteiger partial charge >= 0.3 is 11.7 Å². The zero-order valence-electron chi connectivity index (χ0n) is 10.6. The smallest absolute Gasteiger partial charge is 0.345 e. The van der Waals surface area contributed by atoms with Gasteiger partial charge < -0.3 is 19.7 Å². The van der Waals surface area contributed by atoms with Crippen molar-refractivity contribution in [2.75, 3.05) is 13.7 Å². The molecule has 2 heterocycles. The standard InChI is InChI=1S/C11H14N2O7/c1-19-10(17)5-3-13(11(18)12-9(5)16)8-2-6(15)7(4-14)20-8/h3,6-8,14-15H,2,4H2,1H3,(H,12,16,18)/t6?,7-,8?/m1/s1. The third-order valence-electron chi connectivity index (χ3n) is 3.07. The SMILES string of the molecule is COC(=O)c1cn(C2CC(O)[C@@H](CO)O2)c(=O)[nH]c1=O. The maximum Gasteiger partial charge on any atom is 0.345 e. The molecule has 0 saturated carbocycles. The Balaban J connectivity index is 2.40. The third-order valence-corrected chi connectivity index (χ3v) is 3.07. The Bertz CT molecular complexity index is 620. The highest BCUT2D eigenvalue weighted by Gasteiger charge is 2.35. The predicted molar refractivity (Wildman–Crippen MR) is 64.3 cm³/mol. The number of nitrogens with one attached hydrogen (secondary N) is 1. The first-order chi connectivity index (χ1) is 9.47. The molecule has 3 N–H and O–H groups in total. The van der Waals surface area contributed by atoms with Gasteiger partial charge in [-0.25, -0.2) is 9.59 Å². The number of methoxy groups -OCH3 is 1. The highest BCUT2D eigenvalue weighted by molar-refractivity contribution is 5.88. The highest BCUT2D eigenvalue weighted by atomic mass is 16.5. The molecule has 3 atom stereocenters. The van der Waals surface area contributed by atoms with Crippen molar-refractivity contribution in [2.45, 2.75) is 24.9 Å². The number of aromatic nitrogens is 2. The second-order valence-electron chi connectivity index (χ2n) is 4.32. The molecule has 110 valence electrons. The molecule has 1 aliphatic rings. The molecule has 0 radical (unpaired) electrons. The molecule has 2 rings (SSSR count). The van der Waals surface area contributed by atoms with E-state index in [4.69, 9.17) is 9.84 Å². The lowest BCUT2D eigenvalue weighted by Crippen LogP contribution is -2.35. The number of aliphatic hydroxyl groups excluding tert-OH is 2. The van der Waals surface area contributed by atoms with Gasteiger partial charge in [0.1, 0.15) is 17.9 Å². The number of H-pyrrole nitrogens is 1. The average Bonchev–Trinajstić information content (AvgIpc) is 2.79. The van der Waals surface area contributed by atoms with E-state index >= 15 is 0 Å². The molecule has 0 amide bonds. The van der Waals surface area contributed by atoms with E-state index in [2.05, 4.69) is 4.74 Å². The summed E-state index contributed by atoms with van der Waals surface area (Å²) < 4.78 is 10.7. The first-order valence-corrected chi connectivity index (χ1v) is 5.86. The van der Waals surface area contributed by atoms with E-state index < -0.39 is 42.3 Å². The fraction of sp³-hybridized carbons (Fsp3) is 0.545. The van der Waals surface area contributed by atoms with Gasteiger partial charge in [-0.15, -0.1) is 0 Å². The van der Waals surface area contributed by atoms with Crippen LogP contribution in [-0.4, -0.2) is 51.7 Å². The van der Waals surface area contributed by atoms with Crippen molar-refractivity contribution in [3.05, 3.63) is 32.6 Å². The zero-order chi connectivity index (χ0) is 14.9. The maximum atomic E-state index is 11.7. The van der Waals surface area contributed by atoms with Gasteiger partial charge in [-0.05, 0) is 0 Å². The Morgan fingerprint density at radius 1 is 1.60 bits per heavy atom. The molecular weight excluding hydrogens is 272 g/mol. The Hall–Kier alpha value is -1.97. The molecule has 1 saturated heterocycles. The fourth-order valence-corrected chi connectivity index (χ4v) is 2.00. The summed E-state index contributed by atoms with van der Waals surface area (Å²) in [5, 5.41) is 18.6. The molecule has 1 aromatic heterocycles. The largest absolute Gasteiger partial charge is 0.465 e. The summed E-state index contributed by atoms with van der Waals surface area (Å²) in [5.74, 6) is -0.891. The number of hydrogen-bond donors (Lipinski definition) is 3. The quantitative estimate of drug-likeness (QED) is 0.546. The molecule has 9 nitrogen and oxygen atoms in total. The summed E-state index contributed by atoms with van der Waals surface area (Å²) >= 11 is 0. The average molecular weight is 286 g/mol. The van der Waals surface area contributed by atoms with Gasteiger partial charge in [-0.3, -0.25) is 14.3 Å². The van der Waals surface area contributed by atoms with E-state index in [9.17, 15) is 19.5 Å². The van der Waals surface area contributed by atoms with Crippen LogP contribution in [0.4, 0.5) is 0 Å². The van der Waals surface area contributed by atoms with E-state index in [1.54, 1.807) is 0 Å². The van der Waals surface area contributed by atoms with Crippen LogP contribution in [0.3, 0.4) is 0 Å². The van der Waals surface area contributed by atoms with Crippen molar-refractivity contribution in [2.24, 2.45) is 0 Å². The van der Waals surface area contributed by atoms with E-state index in [1.165, 1.54) is 0 Å². The van der Waals surface area contributed by atoms with Gasteiger partial charge in [-0.2, -0.15) is 0 Å². The van der Waals surface area contributed by atoms with E-state index in [1.807, 2.05) is 4.98 Å². The number of rotatable bonds is 3. The molecule has 1 aromatic rings. The number of esters is 1. The molecule has 0 bridgehead atoms. The zero-order valence-corrected chi connectivity index (χ0v) is 10.6. The third kappa shape index (κ3) is 2.50. The van der Waals surface area contributed by atoms with Crippen molar-refractivity contribution in [3.63, 3.8) is 0 Å². The summed E-state index contributed by atoms with van der Waals surface area (Å²) in [6, 6.07) is 0. The number of carbonyl (C=O) groups is 1. The monoisotopic (exact) mass is 286 g/mol. The van der Waals surface area contributed by atoms with Crippen molar-refractivity contribution < 1.29 is 24.5 Å². The fourth-order valence-electron chi connectivity index (χ4n) is 2.00. The molecule has 0 spiro atoms. The number of carbonyl (C=O) groups excluding carboxylic acids is 1. The number of ether oxygens (including phenoxy) is 2. The van der Waals surface area contributed by atoms with Crippen molar-refractivity contribution in [1.29, 1.82) is 0 Å². The first kappa shape index (κ1) is 14.4. The molecule has 0 aliphatic carbocycles. The molecule has 2 unspecified atom stereocenters. The summed E-state index contributed by atoms with van der Waals surface area (Å²) in [4.78, 5) is 36.6. The van der Waals surface area contributed by atoms with Crippen molar-refractivity contribution in [1.82, 2.24) is 9.55 Å². The lowest BCUT2D eigenvalue weighted by Gasteiger charge is -2.14. The molecule has 9 heteroatoms. The number of nitrogens with zero attached hydrogens (tertiary/aromatic N) is 1. The van der Waals surface area contributed by atoms with Gasteiger partial charge in [0.05, 0.1) is 19.8 Å². The first-order valence-electron chi connectivity index (χ1n) is 5.86. The second kappa shape index (κ2) is 5.57. The Labute approximate surface area is 112 Å². The second-order valence-corrected chi connectivity index (χ2v) is 4.32. The Kier molecular flexibility index (Phi) is 4.02. The molecule has 1 aliphatic heterocycles. The van der Waals surface area contributed by atoms with Crippen LogP contribution in [0.25, 0.3) is 0 Å². The minimum Gasteiger partial charge on any atom is -0.465 e. The van der Waals surface area contributed by atoms with E-state index in [-0.39, 0.29) is 12.0 Å². The molecule has 1 fully saturated rings. The van der Waals surface area contributed by atoms with Gasteiger partial charge in [0, 0.05) is 12.6 Å². The van der Waals surface area contributed by atoms with Crippen LogP contribution in [-0.2, 0) is 9.47 Å². The topological polar surface area (TPSA) is 131 Å². The van der Waals surface area contributed by atoms with E-state index in [0.29, 0.717) is 0 Å². The molecular formula is C11H14N2O7. The van der Waals surface area contributed by atoms with Crippen molar-refractivity contribution >= 4 is 5.97 Å². The Morgan fingerprint density at radius 3 is 2.85 bits per heavy atom. The number of aliphatic hydroxyl groups is 2. The van der Waals surface area contributed by atoms with Gasteiger partial charge in [0.2, 0.25) is 0 Å². The maximum absolute atomic E-state index is 11.7. The van der Waals surface area contributed by atoms with Crippen LogP contribution >= 0.6 is 0 Å². The predicted octanol–water partition coefficient (Wildman–Crippen LogP) is -2.04. The van der Waals surface area contributed by atoms with Crippen molar-refractivity contribution in [3.8, 4) is 0 Å². The summed E-state index contributed by atoms with van der Waals surface area (Å²) in [6.07, 6.45) is -1.57. The van der Waals surface area contributed by atoms with Gasteiger partial charge in [0.15, 0.2) is 0 Å². The normalized spacial score (nSPS) is 25.6. The highest BCUT2D eigenvalue weighted by Crippen LogP contribution is 2.27. The minimum absolute atomic E-state index is 0.0534. The van der Waals surface area contributed by atoms with Crippen LogP contribution in [0, 0.1) is 0 Å². The number of hydrogen-bond acceptors (Lipinski definition) is 7. The Morgan fingerprint density at radius 2 is 2.30 bits per heavy atom. The lowest BCUT2D eigenvalue weighted by atomic mass is 10.2. The van der Waals surface area contributed by atoms with Crippen LogP contribution in [0.15, 0.2) is 15.8 Å². The minimum atomic E-state index is -0.939. The number of aromatic amines is 1. The summed E-state index contributed by atoms with van der Waals surface area (Å²) in [7, 11) is 1.11. The summed E-state index contributed by atoms with van der Waals surface area (Å²) in [6.45, 7) is -0.403. The lowest BCUT2D eigenvalue weighted by molar-refractivity contribution is -0.0460. The van der Waals surface area contributed by atoms with Crippen LogP contribution in [0.5, 0.6) is 0 Å². The molecule has 20 heavy (non-hydrogen) atoms. The molecule has 0 aromatic carbocycles. The van der Waals surface area contributed by atoms with Crippen LogP contribution in [0.2, 0.25) is 0 Å². The summed E-state index contributed by atoms with van der Waals surface area (Å²) in [5.41, 5.74) is -1.99. The van der Waals surface area contributed by atoms with Crippen LogP contribution < -0.4 is 11.2 Å². The van der Waals surface area contributed by atoms with Gasteiger partial charge in [0.25, 0.3) is 5.56 Å². The van der Waals surface area contributed by atoms with Gasteiger partial charge in [-0.1, -0.05) is 0 Å². The van der Waals surface area contributed by atoms with Crippen LogP contribution in [0.1, 0.15) is 23.0 Å². The van der Waals surface area contributed by atoms with E-state index in [0.717, 1.165) is 17.9 Å².